The zero-order valence-electron chi connectivity index (χ0n) is 18.0. The molecule has 0 heterocycles. The number of carbonyl (C=O) groups is 1. The van der Waals surface area contributed by atoms with Crippen LogP contribution in [-0.4, -0.2) is 28.9 Å². The van der Waals surface area contributed by atoms with E-state index in [1.165, 1.54) is 67.7 Å². The van der Waals surface area contributed by atoms with Gasteiger partial charge in [-0.2, -0.15) is 0 Å². The molecule has 0 spiro atoms. The van der Waals surface area contributed by atoms with Crippen molar-refractivity contribution < 1.29 is 4.79 Å². The molecule has 0 atom stereocenters. The smallest absolute Gasteiger partial charge is 0.221 e. The van der Waals surface area contributed by atoms with Gasteiger partial charge in [0.1, 0.15) is 0 Å². The second-order valence-electron chi connectivity index (χ2n) is 10.8. The molecule has 5 fully saturated rings. The molecule has 1 N–H and O–H groups in total. The number of carbonyl (C=O) groups excluding carboxylic acids is 1. The van der Waals surface area contributed by atoms with Crippen LogP contribution in [-0.2, 0) is 11.3 Å². The maximum atomic E-state index is 13.0. The molecule has 5 saturated carbocycles. The Morgan fingerprint density at radius 3 is 2.30 bits per heavy atom. The number of nitrogens with zero attached hydrogens (tertiary/aromatic N) is 1. The zero-order valence-corrected chi connectivity index (χ0v) is 18.0. The van der Waals surface area contributed by atoms with Crippen LogP contribution in [0.5, 0.6) is 0 Å². The highest BCUT2D eigenvalue weighted by atomic mass is 16.1. The molecule has 0 saturated heterocycles. The van der Waals surface area contributed by atoms with Crippen LogP contribution in [0.4, 0.5) is 0 Å². The average molecular weight is 403 g/mol. The monoisotopic (exact) mass is 402 g/mol. The molecule has 30 heavy (non-hydrogen) atoms. The van der Waals surface area contributed by atoms with Crippen LogP contribution < -0.4 is 5.32 Å². The van der Waals surface area contributed by atoms with Gasteiger partial charge in [0.15, 0.2) is 0 Å². The number of hydrogen-bond acceptors (Lipinski definition) is 2. The summed E-state index contributed by atoms with van der Waals surface area (Å²) in [6, 6.07) is 16.0. The topological polar surface area (TPSA) is 32.3 Å². The molecule has 5 aliphatic rings. The number of nitrogens with one attached hydrogen (secondary N) is 1. The molecule has 5 aliphatic carbocycles. The lowest BCUT2D eigenvalue weighted by Crippen LogP contribution is -2.60. The Morgan fingerprint density at radius 2 is 1.60 bits per heavy atom. The van der Waals surface area contributed by atoms with Crippen LogP contribution in [0.3, 0.4) is 0 Å². The molecular formula is C27H34N2O. The van der Waals surface area contributed by atoms with Crippen LogP contribution in [0.25, 0.3) is 10.8 Å². The largest absolute Gasteiger partial charge is 0.351 e. The molecule has 0 unspecified atom stereocenters. The van der Waals surface area contributed by atoms with E-state index >= 15 is 0 Å². The molecule has 3 nitrogen and oxygen atoms in total. The Balaban J connectivity index is 1.11. The Bertz CT molecular complexity index is 906. The van der Waals surface area contributed by atoms with Crippen molar-refractivity contribution >= 4 is 16.7 Å². The number of hydrogen-bond donors (Lipinski definition) is 1. The Morgan fingerprint density at radius 1 is 0.933 bits per heavy atom. The third-order valence-electron chi connectivity index (χ3n) is 8.39. The maximum Gasteiger partial charge on any atom is 0.221 e. The second-order valence-corrected chi connectivity index (χ2v) is 10.8. The molecule has 158 valence electrons. The summed E-state index contributed by atoms with van der Waals surface area (Å²) >= 11 is 0. The van der Waals surface area contributed by atoms with E-state index in [4.69, 9.17) is 0 Å². The van der Waals surface area contributed by atoms with Crippen molar-refractivity contribution in [2.75, 3.05) is 6.54 Å². The molecule has 2 aromatic carbocycles. The van der Waals surface area contributed by atoms with E-state index in [9.17, 15) is 4.79 Å². The minimum atomic E-state index is 0.145. The Hall–Kier alpha value is -1.87. The molecule has 7 rings (SSSR count). The molecule has 4 bridgehead atoms. The van der Waals surface area contributed by atoms with Gasteiger partial charge in [0.2, 0.25) is 5.91 Å². The van der Waals surface area contributed by atoms with Crippen molar-refractivity contribution in [3.05, 3.63) is 48.0 Å². The van der Waals surface area contributed by atoms with Gasteiger partial charge in [-0.1, -0.05) is 42.5 Å². The van der Waals surface area contributed by atoms with Crippen LogP contribution in [0.1, 0.15) is 63.4 Å². The molecule has 0 aromatic heterocycles. The molecule has 1 amide bonds. The quantitative estimate of drug-likeness (QED) is 0.683. The van der Waals surface area contributed by atoms with E-state index in [1.54, 1.807) is 0 Å². The fourth-order valence-corrected chi connectivity index (χ4v) is 7.35. The fourth-order valence-electron chi connectivity index (χ4n) is 7.35. The molecule has 3 heteroatoms. The summed E-state index contributed by atoms with van der Waals surface area (Å²) in [7, 11) is 0. The van der Waals surface area contributed by atoms with Crippen molar-refractivity contribution in [1.29, 1.82) is 0 Å². The van der Waals surface area contributed by atoms with E-state index in [0.717, 1.165) is 30.8 Å². The third-order valence-corrected chi connectivity index (χ3v) is 8.39. The summed E-state index contributed by atoms with van der Waals surface area (Å²) in [5.74, 6) is 2.93. The Kier molecular flexibility index (Phi) is 4.63. The first kappa shape index (κ1) is 18.9. The summed E-state index contributed by atoms with van der Waals surface area (Å²) in [6.07, 6.45) is 11.2. The lowest BCUT2D eigenvalue weighted by molar-refractivity contribution is -0.127. The highest BCUT2D eigenvalue weighted by Crippen LogP contribution is 2.55. The lowest BCUT2D eigenvalue weighted by atomic mass is 9.53. The molecular weight excluding hydrogens is 368 g/mol. The van der Waals surface area contributed by atoms with Crippen LogP contribution >= 0.6 is 0 Å². The molecule has 0 radical (unpaired) electrons. The summed E-state index contributed by atoms with van der Waals surface area (Å²) in [6.45, 7) is 1.84. The van der Waals surface area contributed by atoms with Crippen LogP contribution in [0.15, 0.2) is 42.5 Å². The maximum absolute atomic E-state index is 13.0. The van der Waals surface area contributed by atoms with Gasteiger partial charge < -0.3 is 5.32 Å². The molecule has 2 aromatic rings. The number of amides is 1. The first-order valence-electron chi connectivity index (χ1n) is 12.2. The Labute approximate surface area is 180 Å². The van der Waals surface area contributed by atoms with Crippen molar-refractivity contribution in [2.24, 2.45) is 17.8 Å². The minimum absolute atomic E-state index is 0.145. The highest BCUT2D eigenvalue weighted by molar-refractivity contribution is 5.85. The lowest BCUT2D eigenvalue weighted by Gasteiger charge is -2.57. The highest BCUT2D eigenvalue weighted by Gasteiger charge is 2.51. The van der Waals surface area contributed by atoms with Crippen LogP contribution in [0.2, 0.25) is 0 Å². The summed E-state index contributed by atoms with van der Waals surface area (Å²) < 4.78 is 0. The summed E-state index contributed by atoms with van der Waals surface area (Å²) in [4.78, 5) is 15.6. The van der Waals surface area contributed by atoms with Gasteiger partial charge in [-0.15, -0.1) is 0 Å². The minimum Gasteiger partial charge on any atom is -0.351 e. The van der Waals surface area contributed by atoms with Gasteiger partial charge in [0, 0.05) is 31.1 Å². The molecule has 0 aliphatic heterocycles. The second kappa shape index (κ2) is 7.37. The van der Waals surface area contributed by atoms with E-state index in [2.05, 4.69) is 52.7 Å². The first-order chi connectivity index (χ1) is 14.7. The summed E-state index contributed by atoms with van der Waals surface area (Å²) in [5, 5.41) is 6.23. The predicted molar refractivity (Wildman–Crippen MR) is 121 cm³/mol. The van der Waals surface area contributed by atoms with Crippen molar-refractivity contribution in [1.82, 2.24) is 10.2 Å². The number of benzene rings is 2. The van der Waals surface area contributed by atoms with Gasteiger partial charge in [-0.05, 0) is 85.5 Å². The normalized spacial score (nSPS) is 32.1. The van der Waals surface area contributed by atoms with Gasteiger partial charge in [-0.3, -0.25) is 9.69 Å². The van der Waals surface area contributed by atoms with E-state index in [0.29, 0.717) is 18.4 Å². The van der Waals surface area contributed by atoms with Gasteiger partial charge >= 0.3 is 0 Å². The summed E-state index contributed by atoms with van der Waals surface area (Å²) in [5.41, 5.74) is 1.53. The van der Waals surface area contributed by atoms with Gasteiger partial charge in [-0.25, -0.2) is 0 Å². The van der Waals surface area contributed by atoms with E-state index < -0.39 is 0 Å². The van der Waals surface area contributed by atoms with Crippen LogP contribution in [0, 0.1) is 17.8 Å². The van der Waals surface area contributed by atoms with E-state index in [1.807, 2.05) is 0 Å². The third kappa shape index (κ3) is 3.66. The van der Waals surface area contributed by atoms with Gasteiger partial charge in [0.05, 0.1) is 0 Å². The SMILES string of the molecule is O=C(CCN(Cc1cccc2ccccc12)C1CC1)NC12CC3CC(CC(C3)C1)C2. The first-order valence-corrected chi connectivity index (χ1v) is 12.2. The average Bonchev–Trinajstić information content (AvgIpc) is 3.55. The fraction of sp³-hybridized carbons (Fsp3) is 0.593. The number of rotatable bonds is 7. The predicted octanol–water partition coefficient (Wildman–Crippen LogP) is 5.28. The van der Waals surface area contributed by atoms with Crippen molar-refractivity contribution in [3.63, 3.8) is 0 Å². The van der Waals surface area contributed by atoms with E-state index in [-0.39, 0.29) is 5.54 Å². The van der Waals surface area contributed by atoms with Crippen molar-refractivity contribution in [2.45, 2.75) is 75.9 Å². The standard InChI is InChI=1S/C27H34N2O/c30-26(28-27-15-19-12-20(16-27)14-21(13-19)17-27)10-11-29(24-8-9-24)18-23-6-3-5-22-4-1-2-7-25(22)23/h1-7,19-21,24H,8-18H2,(H,28,30). The number of fused-ring (bicyclic) bond motifs is 1. The van der Waals surface area contributed by atoms with Crippen molar-refractivity contribution in [3.8, 4) is 0 Å². The zero-order chi connectivity index (χ0) is 20.1. The van der Waals surface area contributed by atoms with Gasteiger partial charge in [0.25, 0.3) is 0 Å².